The van der Waals surface area contributed by atoms with E-state index in [-0.39, 0.29) is 11.5 Å². The maximum Gasteiger partial charge on any atom is 0.150 e. The van der Waals surface area contributed by atoms with Crippen molar-refractivity contribution in [3.63, 3.8) is 0 Å². The number of halogens is 1. The molecular weight excluding hydrogens is 292 g/mol. The second-order valence-electron chi connectivity index (χ2n) is 3.93. The highest BCUT2D eigenvalue weighted by atomic mass is 79.9. The third-order valence-electron chi connectivity index (χ3n) is 2.91. The van der Waals surface area contributed by atoms with Crippen LogP contribution in [0.4, 0.5) is 0 Å². The molecule has 2 rings (SSSR count). The zero-order valence-electron chi connectivity index (χ0n) is 8.56. The lowest BCUT2D eigenvalue weighted by molar-refractivity contribution is 0.317. The van der Waals surface area contributed by atoms with Gasteiger partial charge in [-0.25, -0.2) is 8.42 Å². The van der Waals surface area contributed by atoms with Crippen LogP contribution in [0.3, 0.4) is 0 Å². The standard InChI is InChI=1S/C10H11BrN2O2S/c1-2-10(13-8-9(11)7-12-13)3-5-16(14,15)6-4-10/h1,7-8H,3-6H2. The van der Waals surface area contributed by atoms with E-state index < -0.39 is 15.4 Å². The molecule has 86 valence electrons. The summed E-state index contributed by atoms with van der Waals surface area (Å²) in [6.45, 7) is 0. The van der Waals surface area contributed by atoms with Gasteiger partial charge in [0.2, 0.25) is 0 Å². The van der Waals surface area contributed by atoms with Crippen LogP contribution in [0.2, 0.25) is 0 Å². The van der Waals surface area contributed by atoms with Crippen molar-refractivity contribution in [2.24, 2.45) is 0 Å². The minimum absolute atomic E-state index is 0.134. The van der Waals surface area contributed by atoms with Crippen molar-refractivity contribution in [3.8, 4) is 12.3 Å². The van der Waals surface area contributed by atoms with E-state index in [0.29, 0.717) is 12.8 Å². The zero-order chi connectivity index (χ0) is 11.8. The topological polar surface area (TPSA) is 52.0 Å². The summed E-state index contributed by atoms with van der Waals surface area (Å²) in [6.07, 6.45) is 9.85. The molecule has 4 nitrogen and oxygen atoms in total. The molecule has 6 heteroatoms. The number of nitrogens with zero attached hydrogens (tertiary/aromatic N) is 2. The molecule has 0 amide bonds. The Bertz CT molecular complexity index is 527. The number of rotatable bonds is 1. The molecule has 1 aromatic rings. The molecule has 1 fully saturated rings. The van der Waals surface area contributed by atoms with E-state index in [1.54, 1.807) is 17.1 Å². The Kier molecular flexibility index (Phi) is 2.84. The predicted molar refractivity (Wildman–Crippen MR) is 64.6 cm³/mol. The van der Waals surface area contributed by atoms with Gasteiger partial charge in [0.1, 0.15) is 5.54 Å². The Morgan fingerprint density at radius 1 is 1.50 bits per heavy atom. The van der Waals surface area contributed by atoms with Crippen LogP contribution in [0.25, 0.3) is 0 Å². The summed E-state index contributed by atoms with van der Waals surface area (Å²) < 4.78 is 25.3. The average Bonchev–Trinajstić information content (AvgIpc) is 2.66. The van der Waals surface area contributed by atoms with Gasteiger partial charge in [-0.3, -0.25) is 4.68 Å². The molecule has 0 bridgehead atoms. The van der Waals surface area contributed by atoms with Gasteiger partial charge < -0.3 is 0 Å². The van der Waals surface area contributed by atoms with Crippen LogP contribution in [0, 0.1) is 12.3 Å². The van der Waals surface area contributed by atoms with Crippen LogP contribution in [-0.4, -0.2) is 29.7 Å². The van der Waals surface area contributed by atoms with Gasteiger partial charge in [0, 0.05) is 6.20 Å². The summed E-state index contributed by atoms with van der Waals surface area (Å²) >= 11 is 3.30. The van der Waals surface area contributed by atoms with Crippen LogP contribution in [0.15, 0.2) is 16.9 Å². The fourth-order valence-electron chi connectivity index (χ4n) is 1.85. The smallest absolute Gasteiger partial charge is 0.150 e. The van der Waals surface area contributed by atoms with Crippen molar-refractivity contribution in [2.75, 3.05) is 11.5 Å². The second kappa shape index (κ2) is 3.90. The van der Waals surface area contributed by atoms with Crippen molar-refractivity contribution in [2.45, 2.75) is 18.4 Å². The van der Waals surface area contributed by atoms with Gasteiger partial charge >= 0.3 is 0 Å². The summed E-state index contributed by atoms with van der Waals surface area (Å²) in [5.41, 5.74) is -0.586. The van der Waals surface area contributed by atoms with Gasteiger partial charge in [0.15, 0.2) is 9.84 Å². The summed E-state index contributed by atoms with van der Waals surface area (Å²) in [5, 5.41) is 4.16. The van der Waals surface area contributed by atoms with Crippen molar-refractivity contribution >= 4 is 25.8 Å². The van der Waals surface area contributed by atoms with E-state index in [9.17, 15) is 8.42 Å². The van der Waals surface area contributed by atoms with Gasteiger partial charge in [-0.1, -0.05) is 5.92 Å². The van der Waals surface area contributed by atoms with E-state index in [4.69, 9.17) is 6.42 Å². The third-order valence-corrected chi connectivity index (χ3v) is 4.97. The quantitative estimate of drug-likeness (QED) is 0.732. The molecule has 1 aliphatic heterocycles. The van der Waals surface area contributed by atoms with Crippen LogP contribution >= 0.6 is 15.9 Å². The number of hydrogen-bond donors (Lipinski definition) is 0. The summed E-state index contributed by atoms with van der Waals surface area (Å²) in [7, 11) is -2.91. The summed E-state index contributed by atoms with van der Waals surface area (Å²) in [4.78, 5) is 0. The van der Waals surface area contributed by atoms with Crippen molar-refractivity contribution in [1.29, 1.82) is 0 Å². The van der Waals surface area contributed by atoms with Gasteiger partial charge in [-0.05, 0) is 28.8 Å². The van der Waals surface area contributed by atoms with E-state index >= 15 is 0 Å². The maximum atomic E-state index is 11.4. The highest BCUT2D eigenvalue weighted by Gasteiger charge is 2.37. The van der Waals surface area contributed by atoms with Gasteiger partial charge in [0.05, 0.1) is 22.2 Å². The summed E-state index contributed by atoms with van der Waals surface area (Å²) in [5.74, 6) is 2.97. The molecule has 1 saturated heterocycles. The molecule has 1 aliphatic rings. The first-order valence-corrected chi connectivity index (χ1v) is 7.48. The van der Waals surface area contributed by atoms with E-state index in [2.05, 4.69) is 26.9 Å². The van der Waals surface area contributed by atoms with Gasteiger partial charge in [0.25, 0.3) is 0 Å². The third kappa shape index (κ3) is 2.02. The van der Waals surface area contributed by atoms with Crippen LogP contribution in [-0.2, 0) is 15.4 Å². The van der Waals surface area contributed by atoms with E-state index in [1.165, 1.54) is 0 Å². The Balaban J connectivity index is 2.33. The Labute approximate surface area is 103 Å². The number of aromatic nitrogens is 2. The molecule has 0 saturated carbocycles. The SMILES string of the molecule is C#CC1(n2cc(Br)cn2)CCS(=O)(=O)CC1. The van der Waals surface area contributed by atoms with Crippen molar-refractivity contribution in [1.82, 2.24) is 9.78 Å². The minimum Gasteiger partial charge on any atom is -0.253 e. The molecule has 1 aromatic heterocycles. The molecule has 0 unspecified atom stereocenters. The second-order valence-corrected chi connectivity index (χ2v) is 7.15. The lowest BCUT2D eigenvalue weighted by atomic mass is 9.94. The first kappa shape index (κ1) is 11.7. The number of sulfone groups is 1. The Morgan fingerprint density at radius 3 is 2.56 bits per heavy atom. The van der Waals surface area contributed by atoms with Gasteiger partial charge in [-0.15, -0.1) is 6.42 Å². The molecule has 0 spiro atoms. The normalized spacial score (nSPS) is 22.5. The number of terminal acetylenes is 1. The molecule has 0 atom stereocenters. The summed E-state index contributed by atoms with van der Waals surface area (Å²) in [6, 6.07) is 0. The zero-order valence-corrected chi connectivity index (χ0v) is 11.0. The van der Waals surface area contributed by atoms with Crippen LogP contribution < -0.4 is 0 Å². The Morgan fingerprint density at radius 2 is 2.12 bits per heavy atom. The molecule has 0 aromatic carbocycles. The van der Waals surface area contributed by atoms with E-state index in [0.717, 1.165) is 4.47 Å². The van der Waals surface area contributed by atoms with Crippen LogP contribution in [0.1, 0.15) is 12.8 Å². The Hall–Kier alpha value is -0.800. The number of hydrogen-bond acceptors (Lipinski definition) is 3. The van der Waals surface area contributed by atoms with E-state index in [1.807, 2.05) is 0 Å². The average molecular weight is 303 g/mol. The van der Waals surface area contributed by atoms with Crippen molar-refractivity contribution < 1.29 is 8.42 Å². The predicted octanol–water partition coefficient (Wildman–Crippen LogP) is 1.18. The highest BCUT2D eigenvalue weighted by molar-refractivity contribution is 9.10. The van der Waals surface area contributed by atoms with Crippen molar-refractivity contribution in [3.05, 3.63) is 16.9 Å². The molecular formula is C10H11BrN2O2S. The lowest BCUT2D eigenvalue weighted by Gasteiger charge is -2.32. The molecule has 0 radical (unpaired) electrons. The molecule has 16 heavy (non-hydrogen) atoms. The van der Waals surface area contributed by atoms with Crippen LogP contribution in [0.5, 0.6) is 0 Å². The fraction of sp³-hybridized carbons (Fsp3) is 0.500. The molecule has 0 N–H and O–H groups in total. The monoisotopic (exact) mass is 302 g/mol. The molecule has 0 aliphatic carbocycles. The van der Waals surface area contributed by atoms with Gasteiger partial charge in [-0.2, -0.15) is 5.10 Å². The highest BCUT2D eigenvalue weighted by Crippen LogP contribution is 2.30. The maximum absolute atomic E-state index is 11.4. The lowest BCUT2D eigenvalue weighted by Crippen LogP contribution is -2.41. The first-order chi connectivity index (χ1) is 7.47. The minimum atomic E-state index is -2.91. The first-order valence-electron chi connectivity index (χ1n) is 4.86. The largest absolute Gasteiger partial charge is 0.253 e. The molecule has 2 heterocycles. The fourth-order valence-corrected chi connectivity index (χ4v) is 3.64.